The minimum atomic E-state index is -3.30. The maximum Gasteiger partial charge on any atom is 0.279 e. The smallest absolute Gasteiger partial charge is 0.279 e. The zero-order chi connectivity index (χ0) is 20.3. The van der Waals surface area contributed by atoms with Gasteiger partial charge in [0.15, 0.2) is 14.6 Å². The second-order valence-electron chi connectivity index (χ2n) is 5.99. The zero-order valence-electron chi connectivity index (χ0n) is 15.4. The van der Waals surface area contributed by atoms with Gasteiger partial charge in [-0.2, -0.15) is 4.99 Å². The van der Waals surface area contributed by atoms with Crippen LogP contribution in [0, 0.1) is 0 Å². The Morgan fingerprint density at radius 2 is 1.93 bits per heavy atom. The summed E-state index contributed by atoms with van der Waals surface area (Å²) in [6, 6.07) is 11.8. The number of benzene rings is 2. The molecule has 2 aromatic carbocycles. The van der Waals surface area contributed by atoms with E-state index in [9.17, 15) is 13.2 Å². The number of sulfone groups is 1. The average Bonchev–Trinajstić information content (AvgIpc) is 3.02. The van der Waals surface area contributed by atoms with Crippen molar-refractivity contribution in [3.63, 3.8) is 0 Å². The lowest BCUT2D eigenvalue weighted by Gasteiger charge is -2.04. The SMILES string of the molecule is CCS(=O)(=O)c1ccc(C(=O)N=c2sc3cc(Br)ccc3n2CCOC)cc1. The van der Waals surface area contributed by atoms with Crippen molar-refractivity contribution in [3.05, 3.63) is 57.3 Å². The lowest BCUT2D eigenvalue weighted by molar-refractivity contribution is 0.0997. The minimum absolute atomic E-state index is 0.0154. The minimum Gasteiger partial charge on any atom is -0.383 e. The third kappa shape index (κ3) is 4.43. The molecule has 0 aliphatic carbocycles. The fraction of sp³-hybridized carbons (Fsp3) is 0.263. The number of rotatable bonds is 6. The van der Waals surface area contributed by atoms with Crippen molar-refractivity contribution < 1.29 is 17.9 Å². The number of methoxy groups -OCH3 is 1. The highest BCUT2D eigenvalue weighted by molar-refractivity contribution is 9.10. The molecule has 0 aliphatic rings. The number of carbonyl (C=O) groups is 1. The lowest BCUT2D eigenvalue weighted by Crippen LogP contribution is -2.19. The molecule has 0 saturated carbocycles. The van der Waals surface area contributed by atoms with Crippen LogP contribution in [0.1, 0.15) is 17.3 Å². The van der Waals surface area contributed by atoms with Crippen molar-refractivity contribution in [2.45, 2.75) is 18.4 Å². The molecule has 0 radical (unpaired) electrons. The normalized spacial score (nSPS) is 12.6. The number of thiazole rings is 1. The summed E-state index contributed by atoms with van der Waals surface area (Å²) in [5, 5.41) is 0. The number of amides is 1. The third-order valence-corrected chi connectivity index (χ3v) is 7.49. The van der Waals surface area contributed by atoms with Gasteiger partial charge >= 0.3 is 0 Å². The molecule has 3 rings (SSSR count). The van der Waals surface area contributed by atoms with Crippen LogP contribution < -0.4 is 4.80 Å². The molecular formula is C19H19BrN2O4S2. The van der Waals surface area contributed by atoms with Gasteiger partial charge in [-0.1, -0.05) is 34.2 Å². The number of nitrogens with zero attached hydrogens (tertiary/aromatic N) is 2. The number of carbonyl (C=O) groups excluding carboxylic acids is 1. The van der Waals surface area contributed by atoms with Gasteiger partial charge in [0.1, 0.15) is 0 Å². The topological polar surface area (TPSA) is 77.7 Å². The molecule has 1 heterocycles. The van der Waals surface area contributed by atoms with Crippen molar-refractivity contribution in [3.8, 4) is 0 Å². The van der Waals surface area contributed by atoms with Gasteiger partial charge in [-0.15, -0.1) is 0 Å². The molecule has 6 nitrogen and oxygen atoms in total. The number of aromatic nitrogens is 1. The Morgan fingerprint density at radius 1 is 1.21 bits per heavy atom. The van der Waals surface area contributed by atoms with Crippen LogP contribution in [-0.2, 0) is 21.1 Å². The summed E-state index contributed by atoms with van der Waals surface area (Å²) in [5.41, 5.74) is 1.31. The van der Waals surface area contributed by atoms with Crippen LogP contribution in [0.15, 0.2) is 56.8 Å². The largest absolute Gasteiger partial charge is 0.383 e. The fourth-order valence-corrected chi connectivity index (χ4v) is 5.14. The first-order valence-corrected chi connectivity index (χ1v) is 11.8. The molecule has 148 valence electrons. The Labute approximate surface area is 175 Å². The average molecular weight is 483 g/mol. The highest BCUT2D eigenvalue weighted by Crippen LogP contribution is 2.22. The van der Waals surface area contributed by atoms with E-state index in [2.05, 4.69) is 20.9 Å². The molecule has 0 bridgehead atoms. The van der Waals surface area contributed by atoms with Gasteiger partial charge in [-0.3, -0.25) is 4.79 Å². The maximum absolute atomic E-state index is 12.7. The van der Waals surface area contributed by atoms with Crippen molar-refractivity contribution in [1.29, 1.82) is 0 Å². The Morgan fingerprint density at radius 3 is 2.57 bits per heavy atom. The number of ether oxygens (including phenoxy) is 1. The van der Waals surface area contributed by atoms with Crippen LogP contribution in [-0.4, -0.2) is 38.4 Å². The van der Waals surface area contributed by atoms with E-state index in [1.807, 2.05) is 22.8 Å². The summed E-state index contributed by atoms with van der Waals surface area (Å²) >= 11 is 4.88. The van der Waals surface area contributed by atoms with Gasteiger partial charge in [-0.25, -0.2) is 8.42 Å². The Kier molecular flexibility index (Phi) is 6.49. The molecule has 0 saturated heterocycles. The van der Waals surface area contributed by atoms with Gasteiger partial charge in [0, 0.05) is 23.7 Å². The van der Waals surface area contributed by atoms with E-state index in [-0.39, 0.29) is 10.6 Å². The van der Waals surface area contributed by atoms with Crippen molar-refractivity contribution >= 4 is 53.2 Å². The zero-order valence-corrected chi connectivity index (χ0v) is 18.6. The van der Waals surface area contributed by atoms with E-state index in [0.717, 1.165) is 14.7 Å². The molecule has 0 aliphatic heterocycles. The summed E-state index contributed by atoms with van der Waals surface area (Å²) in [7, 11) is -1.68. The molecule has 0 spiro atoms. The molecule has 0 atom stereocenters. The van der Waals surface area contributed by atoms with Crippen molar-refractivity contribution in [1.82, 2.24) is 4.57 Å². The van der Waals surface area contributed by atoms with Crippen molar-refractivity contribution in [2.75, 3.05) is 19.5 Å². The number of halogens is 1. The number of hydrogen-bond donors (Lipinski definition) is 0. The van der Waals surface area contributed by atoms with E-state index in [1.165, 1.54) is 35.6 Å². The van der Waals surface area contributed by atoms with E-state index >= 15 is 0 Å². The van der Waals surface area contributed by atoms with E-state index in [1.54, 1.807) is 14.0 Å². The van der Waals surface area contributed by atoms with Crippen LogP contribution in [0.25, 0.3) is 10.2 Å². The van der Waals surface area contributed by atoms with Crippen LogP contribution >= 0.6 is 27.3 Å². The second kappa shape index (κ2) is 8.69. The fourth-order valence-electron chi connectivity index (χ4n) is 2.65. The summed E-state index contributed by atoms with van der Waals surface area (Å²) in [4.78, 5) is 17.7. The molecule has 9 heteroatoms. The Balaban J connectivity index is 2.02. The monoisotopic (exact) mass is 482 g/mol. The Bertz CT molecular complexity index is 1180. The summed E-state index contributed by atoms with van der Waals surface area (Å²) in [6.45, 7) is 2.65. The lowest BCUT2D eigenvalue weighted by atomic mass is 10.2. The molecule has 3 aromatic rings. The molecule has 1 amide bonds. The molecule has 0 unspecified atom stereocenters. The van der Waals surface area contributed by atoms with Crippen molar-refractivity contribution in [2.24, 2.45) is 4.99 Å². The van der Waals surface area contributed by atoms with Crippen LogP contribution in [0.3, 0.4) is 0 Å². The second-order valence-corrected chi connectivity index (χ2v) is 10.2. The molecule has 28 heavy (non-hydrogen) atoms. The van der Waals surface area contributed by atoms with Crippen LogP contribution in [0.2, 0.25) is 0 Å². The molecule has 1 aromatic heterocycles. The highest BCUT2D eigenvalue weighted by Gasteiger charge is 2.13. The third-order valence-electron chi connectivity index (χ3n) is 4.20. The summed E-state index contributed by atoms with van der Waals surface area (Å²) in [5.74, 6) is -0.404. The molecular weight excluding hydrogens is 464 g/mol. The van der Waals surface area contributed by atoms with Crippen LogP contribution in [0.5, 0.6) is 0 Å². The van der Waals surface area contributed by atoms with E-state index in [4.69, 9.17) is 4.74 Å². The number of hydrogen-bond acceptors (Lipinski definition) is 5. The first kappa shape index (κ1) is 20.9. The summed E-state index contributed by atoms with van der Waals surface area (Å²) in [6.07, 6.45) is 0. The van der Waals surface area contributed by atoms with Crippen LogP contribution in [0.4, 0.5) is 0 Å². The van der Waals surface area contributed by atoms with Gasteiger partial charge in [0.2, 0.25) is 0 Å². The van der Waals surface area contributed by atoms with E-state index in [0.29, 0.717) is 23.5 Å². The maximum atomic E-state index is 12.7. The molecule has 0 N–H and O–H groups in total. The highest BCUT2D eigenvalue weighted by atomic mass is 79.9. The molecule has 0 fully saturated rings. The van der Waals surface area contributed by atoms with Gasteiger partial charge in [0.25, 0.3) is 5.91 Å². The van der Waals surface area contributed by atoms with E-state index < -0.39 is 15.7 Å². The first-order chi connectivity index (χ1) is 13.4. The first-order valence-electron chi connectivity index (χ1n) is 8.55. The quantitative estimate of drug-likeness (QED) is 0.537. The van der Waals surface area contributed by atoms with Gasteiger partial charge in [-0.05, 0) is 42.5 Å². The van der Waals surface area contributed by atoms with Gasteiger partial charge < -0.3 is 9.30 Å². The predicted octanol–water partition coefficient (Wildman–Crippen LogP) is 3.65. The van der Waals surface area contributed by atoms with Gasteiger partial charge in [0.05, 0.1) is 27.5 Å². The predicted molar refractivity (Wildman–Crippen MR) is 113 cm³/mol. The summed E-state index contributed by atoms with van der Waals surface area (Å²) < 4.78 is 32.9. The number of fused-ring (bicyclic) bond motifs is 1. The Hall–Kier alpha value is -1.81. The standard InChI is InChI=1S/C19H19BrN2O4S2/c1-3-28(24,25)15-7-4-13(5-8-15)18(23)21-19-22(10-11-26-2)16-9-6-14(20)12-17(16)27-19/h4-9,12H,3,10-11H2,1-2H3.